The van der Waals surface area contributed by atoms with Crippen molar-refractivity contribution < 1.29 is 17.9 Å². The summed E-state index contributed by atoms with van der Waals surface area (Å²) in [5, 5.41) is 5.11. The van der Waals surface area contributed by atoms with Crippen molar-refractivity contribution >= 4 is 28.8 Å². The van der Waals surface area contributed by atoms with E-state index in [4.69, 9.17) is 22.1 Å². The lowest BCUT2D eigenvalue weighted by Gasteiger charge is -2.08. The molecule has 0 unspecified atom stereocenters. The smallest absolute Gasteiger partial charge is 0.435 e. The molecule has 0 atom stereocenters. The maximum absolute atomic E-state index is 13.5. The minimum absolute atomic E-state index is 0.0278. The van der Waals surface area contributed by atoms with Crippen LogP contribution in [0.2, 0.25) is 4.34 Å². The third kappa shape index (κ3) is 3.27. The molecule has 0 aromatic carbocycles. The summed E-state index contributed by atoms with van der Waals surface area (Å²) in [4.78, 5) is 7.97. The number of nitrogens with zero attached hydrogens (tertiary/aromatic N) is 4. The normalized spacial score (nSPS) is 11.7. The van der Waals surface area contributed by atoms with Crippen LogP contribution < -0.4 is 10.5 Å². The Balaban J connectivity index is 2.25. The predicted molar refractivity (Wildman–Crippen MR) is 88.1 cm³/mol. The molecule has 0 spiro atoms. The molecule has 132 valence electrons. The lowest BCUT2D eigenvalue weighted by atomic mass is 10.1. The maximum Gasteiger partial charge on any atom is 0.435 e. The second-order valence-corrected chi connectivity index (χ2v) is 6.32. The van der Waals surface area contributed by atoms with Crippen LogP contribution in [-0.2, 0) is 6.18 Å². The highest BCUT2D eigenvalue weighted by molar-refractivity contribution is 7.14. The Morgan fingerprint density at radius 1 is 1.32 bits per heavy atom. The van der Waals surface area contributed by atoms with Crippen LogP contribution in [0.1, 0.15) is 12.6 Å². The molecule has 3 aromatic heterocycles. The minimum atomic E-state index is -4.71. The summed E-state index contributed by atoms with van der Waals surface area (Å²) in [6, 6.07) is 1.40. The molecule has 0 bridgehead atoms. The van der Waals surface area contributed by atoms with Gasteiger partial charge < -0.3 is 10.5 Å². The fraction of sp³-hybridized carbons (Fsp3) is 0.214. The lowest BCUT2D eigenvalue weighted by molar-refractivity contribution is -0.140. The summed E-state index contributed by atoms with van der Waals surface area (Å²) in [6.07, 6.45) is -2.04. The molecule has 11 heteroatoms. The average Bonchev–Trinajstić information content (AvgIpc) is 3.11. The van der Waals surface area contributed by atoms with E-state index in [9.17, 15) is 13.2 Å². The van der Waals surface area contributed by atoms with Gasteiger partial charge in [0, 0.05) is 17.8 Å². The number of thiophene rings is 1. The second-order valence-electron chi connectivity index (χ2n) is 4.78. The SMILES string of the molecule is CCOc1nccnc1-n1nc(C(F)(F)F)c(-c2csc(Cl)c2)c1N. The van der Waals surface area contributed by atoms with Gasteiger partial charge in [-0.05, 0) is 18.6 Å². The van der Waals surface area contributed by atoms with E-state index in [0.29, 0.717) is 4.34 Å². The van der Waals surface area contributed by atoms with E-state index < -0.39 is 11.9 Å². The molecule has 25 heavy (non-hydrogen) atoms. The van der Waals surface area contributed by atoms with Crippen LogP contribution in [0.4, 0.5) is 19.0 Å². The summed E-state index contributed by atoms with van der Waals surface area (Å²) < 4.78 is 46.9. The standard InChI is InChI=1S/C14H11ClF3N5OS/c1-2-24-13-12(20-3-4-21-13)23-11(19)9(7-5-8(15)25-6-7)10(22-23)14(16,17)18/h3-6H,2,19H2,1H3. The van der Waals surface area contributed by atoms with E-state index in [1.165, 1.54) is 23.8 Å². The van der Waals surface area contributed by atoms with Gasteiger partial charge in [0.05, 0.1) is 16.5 Å². The van der Waals surface area contributed by atoms with Gasteiger partial charge in [0.15, 0.2) is 5.69 Å². The first-order chi connectivity index (χ1) is 11.8. The molecule has 2 N–H and O–H groups in total. The van der Waals surface area contributed by atoms with Crippen molar-refractivity contribution in [3.63, 3.8) is 0 Å². The highest BCUT2D eigenvalue weighted by Gasteiger charge is 2.40. The Morgan fingerprint density at radius 3 is 2.64 bits per heavy atom. The topological polar surface area (TPSA) is 78.9 Å². The number of nitrogens with two attached hydrogens (primary N) is 1. The highest BCUT2D eigenvalue weighted by atomic mass is 35.5. The first-order valence-corrected chi connectivity index (χ1v) is 8.23. The zero-order valence-corrected chi connectivity index (χ0v) is 14.3. The number of halogens is 4. The third-order valence-corrected chi connectivity index (χ3v) is 4.27. The second kappa shape index (κ2) is 6.52. The molecular weight excluding hydrogens is 379 g/mol. The average molecular weight is 390 g/mol. The van der Waals surface area contributed by atoms with Crippen LogP contribution in [-0.4, -0.2) is 26.4 Å². The first kappa shape index (κ1) is 17.5. The van der Waals surface area contributed by atoms with Crippen LogP contribution >= 0.6 is 22.9 Å². The van der Waals surface area contributed by atoms with Gasteiger partial charge in [-0.15, -0.1) is 11.3 Å². The largest absolute Gasteiger partial charge is 0.475 e. The van der Waals surface area contributed by atoms with Crippen LogP contribution in [0.15, 0.2) is 23.8 Å². The van der Waals surface area contributed by atoms with Crippen molar-refractivity contribution in [2.24, 2.45) is 0 Å². The van der Waals surface area contributed by atoms with Crippen molar-refractivity contribution in [2.75, 3.05) is 12.3 Å². The molecule has 0 fully saturated rings. The molecule has 3 rings (SSSR count). The first-order valence-electron chi connectivity index (χ1n) is 6.97. The number of rotatable bonds is 4. The Hall–Kier alpha value is -2.33. The highest BCUT2D eigenvalue weighted by Crippen LogP contribution is 2.42. The molecule has 0 radical (unpaired) electrons. The van der Waals surface area contributed by atoms with Gasteiger partial charge >= 0.3 is 6.18 Å². The molecule has 0 aliphatic heterocycles. The Morgan fingerprint density at radius 2 is 2.04 bits per heavy atom. The molecule has 0 aliphatic rings. The Kier molecular flexibility index (Phi) is 4.56. The summed E-state index contributed by atoms with van der Waals surface area (Å²) in [5.74, 6) is -0.231. The monoisotopic (exact) mass is 389 g/mol. The number of anilines is 1. The zero-order chi connectivity index (χ0) is 18.2. The van der Waals surface area contributed by atoms with Gasteiger partial charge in [-0.3, -0.25) is 0 Å². The quantitative estimate of drug-likeness (QED) is 0.728. The van der Waals surface area contributed by atoms with E-state index in [1.54, 1.807) is 6.92 Å². The maximum atomic E-state index is 13.5. The van der Waals surface area contributed by atoms with E-state index >= 15 is 0 Å². The summed E-state index contributed by atoms with van der Waals surface area (Å²) in [6.45, 7) is 1.97. The molecule has 6 nitrogen and oxygen atoms in total. The van der Waals surface area contributed by atoms with Crippen molar-refractivity contribution in [3.8, 4) is 22.8 Å². The predicted octanol–water partition coefficient (Wildman–Crippen LogP) is 4.04. The van der Waals surface area contributed by atoms with Crippen molar-refractivity contribution in [1.82, 2.24) is 19.7 Å². The Labute approximate surface area is 149 Å². The van der Waals surface area contributed by atoms with Crippen molar-refractivity contribution in [2.45, 2.75) is 13.1 Å². The van der Waals surface area contributed by atoms with Crippen molar-refractivity contribution in [1.29, 1.82) is 0 Å². The fourth-order valence-electron chi connectivity index (χ4n) is 2.22. The number of nitrogen functional groups attached to an aromatic ring is 1. The van der Waals surface area contributed by atoms with Gasteiger partial charge in [-0.2, -0.15) is 23.0 Å². The number of hydrogen-bond acceptors (Lipinski definition) is 6. The van der Waals surface area contributed by atoms with Crippen molar-refractivity contribution in [3.05, 3.63) is 33.9 Å². The summed E-state index contributed by atoms with van der Waals surface area (Å²) >= 11 is 6.94. The molecule has 0 amide bonds. The van der Waals surface area contributed by atoms with E-state index in [2.05, 4.69) is 15.1 Å². The van der Waals surface area contributed by atoms with Gasteiger partial charge in [0.1, 0.15) is 5.82 Å². The van der Waals surface area contributed by atoms with Crippen LogP contribution in [0.3, 0.4) is 0 Å². The van der Waals surface area contributed by atoms with Crippen LogP contribution in [0.5, 0.6) is 5.88 Å². The lowest BCUT2D eigenvalue weighted by Crippen LogP contribution is -2.10. The number of alkyl halides is 3. The van der Waals surface area contributed by atoms with E-state index in [1.807, 2.05) is 0 Å². The summed E-state index contributed by atoms with van der Waals surface area (Å²) in [7, 11) is 0. The van der Waals surface area contributed by atoms with E-state index in [0.717, 1.165) is 16.0 Å². The van der Waals surface area contributed by atoms with Gasteiger partial charge in [-0.25, -0.2) is 9.97 Å². The molecule has 0 saturated carbocycles. The minimum Gasteiger partial charge on any atom is -0.475 e. The fourth-order valence-corrected chi connectivity index (χ4v) is 3.09. The summed E-state index contributed by atoms with van der Waals surface area (Å²) in [5.41, 5.74) is 4.82. The molecule has 3 heterocycles. The number of ether oxygens (including phenoxy) is 1. The molecule has 0 aliphatic carbocycles. The van der Waals surface area contributed by atoms with Crippen LogP contribution in [0, 0.1) is 0 Å². The number of aromatic nitrogens is 4. The van der Waals surface area contributed by atoms with Gasteiger partial charge in [-0.1, -0.05) is 11.6 Å². The van der Waals surface area contributed by atoms with E-state index in [-0.39, 0.29) is 35.2 Å². The molecule has 0 saturated heterocycles. The third-order valence-electron chi connectivity index (χ3n) is 3.17. The van der Waals surface area contributed by atoms with Gasteiger partial charge in [0.2, 0.25) is 5.82 Å². The van der Waals surface area contributed by atoms with Gasteiger partial charge in [0.25, 0.3) is 5.88 Å². The zero-order valence-electron chi connectivity index (χ0n) is 12.7. The molecular formula is C14H11ClF3N5OS. The Bertz CT molecular complexity index is 908. The van der Waals surface area contributed by atoms with Crippen LogP contribution in [0.25, 0.3) is 16.9 Å². The molecule has 3 aromatic rings. The number of hydrogen-bond donors (Lipinski definition) is 1.